The zero-order valence-electron chi connectivity index (χ0n) is 16.8. The number of fused-ring (bicyclic) bond motifs is 3. The summed E-state index contributed by atoms with van der Waals surface area (Å²) in [6.45, 7) is 0. The van der Waals surface area contributed by atoms with Crippen LogP contribution in [0.4, 0.5) is 0 Å². The largest absolute Gasteiger partial charge is 0.309 e. The number of hydrogen-bond donors (Lipinski definition) is 0. The summed E-state index contributed by atoms with van der Waals surface area (Å²) >= 11 is 0. The molecule has 0 radical (unpaired) electrons. The van der Waals surface area contributed by atoms with Crippen LogP contribution < -0.4 is 0 Å². The van der Waals surface area contributed by atoms with Crippen LogP contribution in [0.5, 0.6) is 0 Å². The summed E-state index contributed by atoms with van der Waals surface area (Å²) in [5.74, 6) is 0. The minimum absolute atomic E-state index is 0.875. The fourth-order valence-electron chi connectivity index (χ4n) is 4.36. The zero-order valence-corrected chi connectivity index (χ0v) is 16.8. The van der Waals surface area contributed by atoms with Crippen molar-refractivity contribution in [1.29, 1.82) is 0 Å². The van der Waals surface area contributed by atoms with Gasteiger partial charge in [0.15, 0.2) is 0 Å². The van der Waals surface area contributed by atoms with E-state index in [0.29, 0.717) is 0 Å². The third-order valence-corrected chi connectivity index (χ3v) is 5.71. The number of rotatable bonds is 3. The van der Waals surface area contributed by atoms with E-state index in [9.17, 15) is 0 Å². The van der Waals surface area contributed by atoms with Crippen molar-refractivity contribution in [2.45, 2.75) is 0 Å². The molecule has 3 heterocycles. The highest BCUT2D eigenvalue weighted by atomic mass is 15.0. The van der Waals surface area contributed by atoms with Crippen LogP contribution >= 0.6 is 0 Å². The van der Waals surface area contributed by atoms with Gasteiger partial charge >= 0.3 is 0 Å². The lowest BCUT2D eigenvalue weighted by Gasteiger charge is -2.12. The van der Waals surface area contributed by atoms with E-state index in [4.69, 9.17) is 0 Å². The number of pyridine rings is 2. The van der Waals surface area contributed by atoms with Crippen LogP contribution in [-0.4, -0.2) is 14.5 Å². The van der Waals surface area contributed by atoms with Crippen LogP contribution in [-0.2, 0) is 0 Å². The maximum Gasteiger partial charge on any atom is 0.0964 e. The van der Waals surface area contributed by atoms with Gasteiger partial charge in [-0.3, -0.25) is 9.97 Å². The van der Waals surface area contributed by atoms with Crippen LogP contribution in [0.3, 0.4) is 0 Å². The molecule has 3 aromatic heterocycles. The topological polar surface area (TPSA) is 30.7 Å². The predicted molar refractivity (Wildman–Crippen MR) is 127 cm³/mol. The lowest BCUT2D eigenvalue weighted by molar-refractivity contribution is 1.18. The van der Waals surface area contributed by atoms with Crippen LogP contribution in [0.1, 0.15) is 0 Å². The molecule has 0 spiro atoms. The molecule has 0 unspecified atom stereocenters. The van der Waals surface area contributed by atoms with E-state index in [1.165, 1.54) is 21.8 Å². The SMILES string of the molecule is c1ccc(-c2ncccc2-c2cccc(-n3c4ccccc4c4ccccc43)c2)nc1. The molecule has 3 heteroatoms. The fraction of sp³-hybridized carbons (Fsp3) is 0. The smallest absolute Gasteiger partial charge is 0.0964 e. The molecule has 0 aliphatic rings. The minimum Gasteiger partial charge on any atom is -0.309 e. The third-order valence-electron chi connectivity index (χ3n) is 5.71. The first-order valence-electron chi connectivity index (χ1n) is 10.4. The lowest BCUT2D eigenvalue weighted by Crippen LogP contribution is -1.95. The van der Waals surface area contributed by atoms with Crippen molar-refractivity contribution < 1.29 is 0 Å². The van der Waals surface area contributed by atoms with Gasteiger partial charge in [0.1, 0.15) is 0 Å². The van der Waals surface area contributed by atoms with E-state index in [1.54, 1.807) is 0 Å². The average Bonchev–Trinajstić information content (AvgIpc) is 3.19. The number of nitrogens with zero attached hydrogens (tertiary/aromatic N) is 3. The van der Waals surface area contributed by atoms with Crippen molar-refractivity contribution in [1.82, 2.24) is 14.5 Å². The Labute approximate surface area is 180 Å². The molecular weight excluding hydrogens is 378 g/mol. The van der Waals surface area contributed by atoms with Crippen molar-refractivity contribution in [3.05, 3.63) is 116 Å². The maximum absolute atomic E-state index is 4.65. The monoisotopic (exact) mass is 397 g/mol. The number of benzene rings is 3. The molecule has 3 aromatic carbocycles. The number of hydrogen-bond acceptors (Lipinski definition) is 2. The predicted octanol–water partition coefficient (Wildman–Crippen LogP) is 6.91. The Morgan fingerprint density at radius 3 is 2.00 bits per heavy atom. The van der Waals surface area contributed by atoms with Gasteiger partial charge in [-0.2, -0.15) is 0 Å². The molecular formula is C28H19N3. The molecule has 0 fully saturated rings. The standard InChI is InChI=1S/C28H19N3/c1-3-15-26-23(11-1)24-12-2-4-16-27(24)31(26)21-10-7-9-20(19-21)22-13-8-18-30-28(22)25-14-5-6-17-29-25/h1-19H. The average molecular weight is 397 g/mol. The Hall–Kier alpha value is -4.24. The normalized spacial score (nSPS) is 11.2. The number of aromatic nitrogens is 3. The molecule has 0 aliphatic heterocycles. The summed E-state index contributed by atoms with van der Waals surface area (Å²) in [6, 6.07) is 35.8. The van der Waals surface area contributed by atoms with Gasteiger partial charge in [0.2, 0.25) is 0 Å². The zero-order chi connectivity index (χ0) is 20.6. The molecule has 0 saturated heterocycles. The molecule has 0 N–H and O–H groups in total. The Kier molecular flexibility index (Phi) is 4.10. The maximum atomic E-state index is 4.65. The van der Waals surface area contributed by atoms with Crippen molar-refractivity contribution in [2.24, 2.45) is 0 Å². The van der Waals surface area contributed by atoms with Gasteiger partial charge in [0.05, 0.1) is 22.4 Å². The summed E-state index contributed by atoms with van der Waals surface area (Å²) in [7, 11) is 0. The summed E-state index contributed by atoms with van der Waals surface area (Å²) in [5, 5.41) is 2.53. The Balaban J connectivity index is 1.59. The molecule has 3 nitrogen and oxygen atoms in total. The van der Waals surface area contributed by atoms with Crippen LogP contribution in [0.2, 0.25) is 0 Å². The molecule has 31 heavy (non-hydrogen) atoms. The van der Waals surface area contributed by atoms with Crippen molar-refractivity contribution >= 4 is 21.8 Å². The summed E-state index contributed by atoms with van der Waals surface area (Å²) in [6.07, 6.45) is 3.63. The van der Waals surface area contributed by atoms with Crippen LogP contribution in [0.15, 0.2) is 116 Å². The molecule has 0 aliphatic carbocycles. The first-order valence-corrected chi connectivity index (χ1v) is 10.4. The Morgan fingerprint density at radius 1 is 0.548 bits per heavy atom. The fourth-order valence-corrected chi connectivity index (χ4v) is 4.36. The number of para-hydroxylation sites is 2. The van der Waals surface area contributed by atoms with Crippen molar-refractivity contribution in [3.8, 4) is 28.2 Å². The van der Waals surface area contributed by atoms with Gasteiger partial charge in [0.25, 0.3) is 0 Å². The van der Waals surface area contributed by atoms with E-state index in [0.717, 1.165) is 28.2 Å². The minimum atomic E-state index is 0.875. The molecule has 0 saturated carbocycles. The first kappa shape index (κ1) is 17.6. The van der Waals surface area contributed by atoms with E-state index < -0.39 is 0 Å². The second-order valence-electron chi connectivity index (χ2n) is 7.53. The van der Waals surface area contributed by atoms with Gasteiger partial charge < -0.3 is 4.57 Å². The summed E-state index contributed by atoms with van der Waals surface area (Å²) in [4.78, 5) is 9.17. The van der Waals surface area contributed by atoms with Gasteiger partial charge in [0, 0.05) is 34.4 Å². The second kappa shape index (κ2) is 7.22. The molecule has 0 bridgehead atoms. The van der Waals surface area contributed by atoms with Crippen LogP contribution in [0, 0.1) is 0 Å². The van der Waals surface area contributed by atoms with E-state index >= 15 is 0 Å². The highest BCUT2D eigenvalue weighted by Crippen LogP contribution is 2.34. The van der Waals surface area contributed by atoms with E-state index in [1.807, 2.05) is 36.7 Å². The third kappa shape index (κ3) is 2.90. The summed E-state index contributed by atoms with van der Waals surface area (Å²) < 4.78 is 2.34. The van der Waals surface area contributed by atoms with E-state index in [2.05, 4.69) is 93.4 Å². The lowest BCUT2D eigenvalue weighted by atomic mass is 10.0. The van der Waals surface area contributed by atoms with Crippen LogP contribution in [0.25, 0.3) is 50.0 Å². The van der Waals surface area contributed by atoms with E-state index in [-0.39, 0.29) is 0 Å². The van der Waals surface area contributed by atoms with Crippen molar-refractivity contribution in [2.75, 3.05) is 0 Å². The Bertz CT molecular complexity index is 1480. The molecule has 146 valence electrons. The van der Waals surface area contributed by atoms with Gasteiger partial charge in [-0.1, -0.05) is 60.7 Å². The molecule has 0 atom stereocenters. The molecule has 6 rings (SSSR count). The van der Waals surface area contributed by atoms with Gasteiger partial charge in [-0.25, -0.2) is 0 Å². The highest BCUT2D eigenvalue weighted by Gasteiger charge is 2.14. The second-order valence-corrected chi connectivity index (χ2v) is 7.53. The van der Waals surface area contributed by atoms with Gasteiger partial charge in [-0.15, -0.1) is 0 Å². The van der Waals surface area contributed by atoms with Gasteiger partial charge in [-0.05, 0) is 48.0 Å². The van der Waals surface area contributed by atoms with Crippen molar-refractivity contribution in [3.63, 3.8) is 0 Å². The molecule has 6 aromatic rings. The quantitative estimate of drug-likeness (QED) is 0.325. The highest BCUT2D eigenvalue weighted by molar-refractivity contribution is 6.09. The Morgan fingerprint density at radius 2 is 1.26 bits per heavy atom. The first-order chi connectivity index (χ1) is 15.4. The summed E-state index contributed by atoms with van der Waals surface area (Å²) in [5.41, 5.74) is 7.50. The molecule has 0 amide bonds.